The predicted molar refractivity (Wildman–Crippen MR) is 123 cm³/mol. The molecule has 5 rings (SSSR count). The summed E-state index contributed by atoms with van der Waals surface area (Å²) in [6.07, 6.45) is 2.75. The van der Waals surface area contributed by atoms with Crippen molar-refractivity contribution in [1.29, 1.82) is 0 Å². The van der Waals surface area contributed by atoms with Gasteiger partial charge in [0.2, 0.25) is 5.90 Å². The normalized spacial score (nSPS) is 15.1. The van der Waals surface area contributed by atoms with Crippen LogP contribution in [0.3, 0.4) is 0 Å². The second-order valence-electron chi connectivity index (χ2n) is 8.46. The molecule has 0 spiro atoms. The molecule has 4 aromatic rings. The fourth-order valence-electron chi connectivity index (χ4n) is 3.89. The van der Waals surface area contributed by atoms with Crippen molar-refractivity contribution in [2.75, 3.05) is 6.61 Å². The summed E-state index contributed by atoms with van der Waals surface area (Å²) in [6, 6.07) is 27.7. The molecule has 3 heteroatoms. The Kier molecular flexibility index (Phi) is 4.59. The Labute approximate surface area is 177 Å². The van der Waals surface area contributed by atoms with E-state index in [1.54, 1.807) is 0 Å². The van der Waals surface area contributed by atoms with Crippen molar-refractivity contribution in [3.63, 3.8) is 0 Å². The first kappa shape index (κ1) is 18.6. The molecule has 2 heterocycles. The van der Waals surface area contributed by atoms with Crippen LogP contribution in [0.4, 0.5) is 0 Å². The highest BCUT2D eigenvalue weighted by Gasteiger charge is 2.27. The Bertz CT molecular complexity index is 1220. The third kappa shape index (κ3) is 3.71. The summed E-state index contributed by atoms with van der Waals surface area (Å²) in [5, 5.41) is 1.15. The smallest absolute Gasteiger partial charge is 0.216 e. The van der Waals surface area contributed by atoms with Gasteiger partial charge in [0.25, 0.3) is 0 Å². The Morgan fingerprint density at radius 1 is 0.833 bits per heavy atom. The lowest BCUT2D eigenvalue weighted by atomic mass is 9.98. The second-order valence-corrected chi connectivity index (χ2v) is 8.46. The van der Waals surface area contributed by atoms with E-state index >= 15 is 0 Å². The standard InChI is InChI=1S/C27H24N2O/c1-27(2)18-30-26(29-27)23-12-13-25-24(17-23)22(14-15-28-25)16-19-8-10-21(11-9-19)20-6-4-3-5-7-20/h3-15,17H,16,18H2,1-2H3. The van der Waals surface area contributed by atoms with Crippen LogP contribution in [0.1, 0.15) is 30.5 Å². The van der Waals surface area contributed by atoms with Gasteiger partial charge in [0, 0.05) is 17.1 Å². The van der Waals surface area contributed by atoms with Gasteiger partial charge < -0.3 is 4.74 Å². The van der Waals surface area contributed by atoms with Gasteiger partial charge in [0.1, 0.15) is 6.61 Å². The molecule has 3 nitrogen and oxygen atoms in total. The number of nitrogens with zero attached hydrogens (tertiary/aromatic N) is 2. The number of ether oxygens (including phenoxy) is 1. The second kappa shape index (κ2) is 7.42. The maximum atomic E-state index is 5.85. The van der Waals surface area contributed by atoms with Gasteiger partial charge in [-0.1, -0.05) is 54.6 Å². The molecule has 0 aliphatic carbocycles. The number of hydrogen-bond acceptors (Lipinski definition) is 3. The topological polar surface area (TPSA) is 34.5 Å². The van der Waals surface area contributed by atoms with E-state index in [1.165, 1.54) is 22.3 Å². The van der Waals surface area contributed by atoms with Crippen molar-refractivity contribution in [3.05, 3.63) is 102 Å². The molecular formula is C27H24N2O. The van der Waals surface area contributed by atoms with Crippen LogP contribution in [0, 0.1) is 0 Å². The zero-order valence-corrected chi connectivity index (χ0v) is 17.3. The first-order chi connectivity index (χ1) is 14.6. The van der Waals surface area contributed by atoms with Gasteiger partial charge in [0.05, 0.1) is 11.1 Å². The molecule has 0 saturated heterocycles. The Morgan fingerprint density at radius 2 is 1.57 bits per heavy atom. The van der Waals surface area contributed by atoms with Crippen molar-refractivity contribution in [1.82, 2.24) is 4.98 Å². The van der Waals surface area contributed by atoms with Crippen molar-refractivity contribution in [3.8, 4) is 11.1 Å². The average Bonchev–Trinajstić information content (AvgIpc) is 3.14. The summed E-state index contributed by atoms with van der Waals surface area (Å²) in [6.45, 7) is 4.80. The monoisotopic (exact) mass is 392 g/mol. The average molecular weight is 393 g/mol. The molecule has 1 aliphatic rings. The van der Waals surface area contributed by atoms with E-state index in [-0.39, 0.29) is 5.54 Å². The lowest BCUT2D eigenvalue weighted by molar-refractivity contribution is 0.279. The minimum atomic E-state index is -0.164. The highest BCUT2D eigenvalue weighted by molar-refractivity contribution is 5.99. The largest absolute Gasteiger partial charge is 0.475 e. The minimum Gasteiger partial charge on any atom is -0.475 e. The molecule has 148 valence electrons. The van der Waals surface area contributed by atoms with Crippen LogP contribution in [0.2, 0.25) is 0 Å². The highest BCUT2D eigenvalue weighted by atomic mass is 16.5. The number of pyridine rings is 1. The number of aliphatic imine (C=N–C) groups is 1. The fourth-order valence-corrected chi connectivity index (χ4v) is 3.89. The molecule has 0 N–H and O–H groups in total. The van der Waals surface area contributed by atoms with Crippen LogP contribution in [0.15, 0.2) is 90.1 Å². The summed E-state index contributed by atoms with van der Waals surface area (Å²) in [5.74, 6) is 0.726. The molecule has 30 heavy (non-hydrogen) atoms. The molecule has 0 radical (unpaired) electrons. The van der Waals surface area contributed by atoms with Gasteiger partial charge in [-0.15, -0.1) is 0 Å². The van der Waals surface area contributed by atoms with Crippen LogP contribution in [-0.2, 0) is 11.2 Å². The number of benzene rings is 3. The van der Waals surface area contributed by atoms with E-state index in [9.17, 15) is 0 Å². The number of fused-ring (bicyclic) bond motifs is 1. The SMILES string of the molecule is CC1(C)COC(c2ccc3nccc(Cc4ccc(-c5ccccc5)cc4)c3c2)=N1. The first-order valence-electron chi connectivity index (χ1n) is 10.3. The van der Waals surface area contributed by atoms with Crippen molar-refractivity contribution < 1.29 is 4.74 Å². The number of aromatic nitrogens is 1. The molecule has 0 unspecified atom stereocenters. The van der Waals surface area contributed by atoms with Gasteiger partial charge >= 0.3 is 0 Å². The highest BCUT2D eigenvalue weighted by Crippen LogP contribution is 2.26. The van der Waals surface area contributed by atoms with Crippen molar-refractivity contribution in [2.45, 2.75) is 25.8 Å². The molecule has 0 fully saturated rings. The fraction of sp³-hybridized carbons (Fsp3) is 0.185. The summed E-state index contributed by atoms with van der Waals surface area (Å²) < 4.78 is 5.85. The predicted octanol–water partition coefficient (Wildman–Crippen LogP) is 6.05. The zero-order chi connectivity index (χ0) is 20.6. The van der Waals surface area contributed by atoms with Crippen molar-refractivity contribution >= 4 is 16.8 Å². The molecular weight excluding hydrogens is 368 g/mol. The van der Waals surface area contributed by atoms with Gasteiger partial charge in [-0.25, -0.2) is 4.99 Å². The summed E-state index contributed by atoms with van der Waals surface area (Å²) in [7, 11) is 0. The first-order valence-corrected chi connectivity index (χ1v) is 10.3. The lowest BCUT2D eigenvalue weighted by Gasteiger charge is -2.09. The summed E-state index contributed by atoms with van der Waals surface area (Å²) in [5.41, 5.74) is 6.86. The van der Waals surface area contributed by atoms with E-state index in [0.29, 0.717) is 6.61 Å². The number of hydrogen-bond donors (Lipinski definition) is 0. The molecule has 1 aromatic heterocycles. The van der Waals surface area contributed by atoms with Crippen LogP contribution < -0.4 is 0 Å². The third-order valence-corrected chi connectivity index (χ3v) is 5.50. The molecule has 0 saturated carbocycles. The van der Waals surface area contributed by atoms with Crippen LogP contribution in [0.25, 0.3) is 22.0 Å². The maximum Gasteiger partial charge on any atom is 0.216 e. The lowest BCUT2D eigenvalue weighted by Crippen LogP contribution is -2.17. The van der Waals surface area contributed by atoms with Gasteiger partial charge in [-0.2, -0.15) is 0 Å². The number of rotatable bonds is 4. The van der Waals surface area contributed by atoms with Crippen molar-refractivity contribution in [2.24, 2.45) is 4.99 Å². The van der Waals surface area contributed by atoms with Gasteiger partial charge in [-0.05, 0) is 66.8 Å². The van der Waals surface area contributed by atoms with E-state index in [1.807, 2.05) is 18.3 Å². The van der Waals surface area contributed by atoms with E-state index < -0.39 is 0 Å². The molecule has 0 amide bonds. The Morgan fingerprint density at radius 3 is 2.30 bits per heavy atom. The van der Waals surface area contributed by atoms with E-state index in [0.717, 1.165) is 28.8 Å². The van der Waals surface area contributed by atoms with Gasteiger partial charge in [-0.3, -0.25) is 4.98 Å². The van der Waals surface area contributed by atoms with Crippen LogP contribution in [0.5, 0.6) is 0 Å². The third-order valence-electron chi connectivity index (χ3n) is 5.50. The molecule has 0 atom stereocenters. The van der Waals surface area contributed by atoms with E-state index in [2.05, 4.69) is 85.6 Å². The van der Waals surface area contributed by atoms with Gasteiger partial charge in [0.15, 0.2) is 0 Å². The molecule has 0 bridgehead atoms. The quantitative estimate of drug-likeness (QED) is 0.424. The minimum absolute atomic E-state index is 0.164. The van der Waals surface area contributed by atoms with Crippen LogP contribution in [-0.4, -0.2) is 23.0 Å². The van der Waals surface area contributed by atoms with E-state index in [4.69, 9.17) is 9.73 Å². The summed E-state index contributed by atoms with van der Waals surface area (Å²) >= 11 is 0. The van der Waals surface area contributed by atoms with Crippen LogP contribution >= 0.6 is 0 Å². The Balaban J connectivity index is 1.46. The molecule has 1 aliphatic heterocycles. The zero-order valence-electron chi connectivity index (χ0n) is 17.3. The summed E-state index contributed by atoms with van der Waals surface area (Å²) in [4.78, 5) is 9.28. The molecule has 3 aromatic carbocycles. The Hall–Kier alpha value is -3.46. The maximum absolute atomic E-state index is 5.85.